The van der Waals surface area contributed by atoms with Crippen LogP contribution >= 0.6 is 0 Å². The molecule has 0 spiro atoms. The fraction of sp³-hybridized carbons (Fsp3) is 0.464. The second-order valence-electron chi connectivity index (χ2n) is 9.39. The Morgan fingerprint density at radius 3 is 2.67 bits per heavy atom. The minimum absolute atomic E-state index is 0.0858. The van der Waals surface area contributed by atoms with E-state index in [1.54, 1.807) is 0 Å². The maximum absolute atomic E-state index is 12.6. The number of fused-ring (bicyclic) bond motifs is 3. The lowest BCUT2D eigenvalue weighted by atomic mass is 9.74. The van der Waals surface area contributed by atoms with Gasteiger partial charge < -0.3 is 19.7 Å². The van der Waals surface area contributed by atoms with Gasteiger partial charge in [-0.3, -0.25) is 4.79 Å². The molecule has 4 rings (SSSR count). The SMILES string of the molecule is CCCCCOc1ccc(/C=C/[C@]23NC(=O)CCN2c2ccccc2C3(C)C)cc1OCC. The van der Waals surface area contributed by atoms with E-state index in [1.807, 2.05) is 19.1 Å². The van der Waals surface area contributed by atoms with Crippen molar-refractivity contribution in [3.8, 4) is 11.5 Å². The molecule has 1 saturated heterocycles. The van der Waals surface area contributed by atoms with Crippen molar-refractivity contribution in [1.82, 2.24) is 5.32 Å². The molecule has 5 heteroatoms. The Balaban J connectivity index is 1.65. The van der Waals surface area contributed by atoms with E-state index >= 15 is 0 Å². The van der Waals surface area contributed by atoms with E-state index in [-0.39, 0.29) is 11.3 Å². The number of hydrogen-bond donors (Lipinski definition) is 1. The summed E-state index contributed by atoms with van der Waals surface area (Å²) in [7, 11) is 0. The molecule has 1 N–H and O–H groups in total. The molecule has 2 aliphatic rings. The van der Waals surface area contributed by atoms with Crippen LogP contribution in [0.15, 0.2) is 48.5 Å². The monoisotopic (exact) mass is 448 g/mol. The van der Waals surface area contributed by atoms with Gasteiger partial charge in [-0.2, -0.15) is 0 Å². The minimum atomic E-state index is -0.618. The van der Waals surface area contributed by atoms with Gasteiger partial charge in [-0.15, -0.1) is 0 Å². The first-order valence-electron chi connectivity index (χ1n) is 12.2. The van der Waals surface area contributed by atoms with Gasteiger partial charge >= 0.3 is 0 Å². The molecule has 2 aromatic rings. The zero-order chi connectivity index (χ0) is 23.5. The van der Waals surface area contributed by atoms with Gasteiger partial charge in [0, 0.05) is 24.1 Å². The highest BCUT2D eigenvalue weighted by Gasteiger charge is 2.57. The molecule has 176 valence electrons. The Bertz CT molecular complexity index is 1030. The number of para-hydroxylation sites is 1. The predicted octanol–water partition coefficient (Wildman–Crippen LogP) is 5.68. The molecule has 0 aromatic heterocycles. The van der Waals surface area contributed by atoms with Gasteiger partial charge in [0.1, 0.15) is 5.66 Å². The highest BCUT2D eigenvalue weighted by Crippen LogP contribution is 2.52. The van der Waals surface area contributed by atoms with E-state index in [1.165, 1.54) is 17.7 Å². The van der Waals surface area contributed by atoms with Crippen LogP contribution in [0.3, 0.4) is 0 Å². The Morgan fingerprint density at radius 2 is 1.88 bits per heavy atom. The van der Waals surface area contributed by atoms with Gasteiger partial charge in [0.15, 0.2) is 11.5 Å². The molecule has 0 aliphatic carbocycles. The summed E-state index contributed by atoms with van der Waals surface area (Å²) in [6, 6.07) is 14.5. The number of amides is 1. The molecular weight excluding hydrogens is 412 g/mol. The summed E-state index contributed by atoms with van der Waals surface area (Å²) in [6.45, 7) is 10.6. The van der Waals surface area contributed by atoms with Crippen LogP contribution in [0.4, 0.5) is 5.69 Å². The van der Waals surface area contributed by atoms with Crippen molar-refractivity contribution in [3.05, 3.63) is 59.7 Å². The average Bonchev–Trinajstić information content (AvgIpc) is 3.00. The highest BCUT2D eigenvalue weighted by atomic mass is 16.5. The van der Waals surface area contributed by atoms with Crippen LogP contribution in [0.25, 0.3) is 6.08 Å². The number of carbonyl (C=O) groups is 1. The van der Waals surface area contributed by atoms with Gasteiger partial charge in [0.05, 0.1) is 13.2 Å². The molecule has 0 radical (unpaired) electrons. The van der Waals surface area contributed by atoms with E-state index in [0.29, 0.717) is 26.2 Å². The van der Waals surface area contributed by atoms with Crippen LogP contribution in [0, 0.1) is 0 Å². The lowest BCUT2D eigenvalue weighted by molar-refractivity contribution is -0.124. The van der Waals surface area contributed by atoms with Crippen molar-refractivity contribution >= 4 is 17.7 Å². The zero-order valence-electron chi connectivity index (χ0n) is 20.3. The van der Waals surface area contributed by atoms with Crippen LogP contribution < -0.4 is 19.7 Å². The maximum Gasteiger partial charge on any atom is 0.223 e. The van der Waals surface area contributed by atoms with E-state index in [0.717, 1.165) is 29.9 Å². The summed E-state index contributed by atoms with van der Waals surface area (Å²) in [5.41, 5.74) is 2.55. The maximum atomic E-state index is 12.6. The first-order chi connectivity index (χ1) is 15.9. The number of carbonyl (C=O) groups excluding carboxylic acids is 1. The van der Waals surface area contributed by atoms with Crippen LogP contribution in [-0.2, 0) is 10.2 Å². The number of hydrogen-bond acceptors (Lipinski definition) is 4. The van der Waals surface area contributed by atoms with Crippen molar-refractivity contribution in [2.75, 3.05) is 24.7 Å². The van der Waals surface area contributed by atoms with E-state index in [9.17, 15) is 4.79 Å². The number of unbranched alkanes of at least 4 members (excludes halogenated alkanes) is 2. The summed E-state index contributed by atoms with van der Waals surface area (Å²) in [5.74, 6) is 1.62. The van der Waals surface area contributed by atoms with Crippen LogP contribution in [0.1, 0.15) is 64.5 Å². The Hall–Kier alpha value is -2.95. The number of nitrogens with one attached hydrogen (secondary N) is 1. The Morgan fingerprint density at radius 1 is 1.06 bits per heavy atom. The summed E-state index contributed by atoms with van der Waals surface area (Å²) in [4.78, 5) is 14.9. The number of benzene rings is 2. The lowest BCUT2D eigenvalue weighted by Gasteiger charge is -2.49. The molecule has 5 nitrogen and oxygen atoms in total. The van der Waals surface area contributed by atoms with Crippen LogP contribution in [-0.4, -0.2) is 31.3 Å². The quantitative estimate of drug-likeness (QED) is 0.501. The predicted molar refractivity (Wildman–Crippen MR) is 134 cm³/mol. The molecule has 2 heterocycles. The topological polar surface area (TPSA) is 50.8 Å². The summed E-state index contributed by atoms with van der Waals surface area (Å²) in [5, 5.41) is 3.33. The number of nitrogens with zero attached hydrogens (tertiary/aromatic N) is 1. The average molecular weight is 449 g/mol. The third-order valence-electron chi connectivity index (χ3n) is 6.93. The number of rotatable bonds is 9. The molecule has 0 bridgehead atoms. The van der Waals surface area contributed by atoms with Gasteiger partial charge in [-0.1, -0.05) is 64.0 Å². The first kappa shape index (κ1) is 23.2. The normalized spacial score (nSPS) is 21.0. The third-order valence-corrected chi connectivity index (χ3v) is 6.93. The van der Waals surface area contributed by atoms with Crippen molar-refractivity contribution in [2.24, 2.45) is 0 Å². The molecule has 2 aliphatic heterocycles. The highest BCUT2D eigenvalue weighted by molar-refractivity contribution is 5.84. The molecule has 1 fully saturated rings. The van der Waals surface area contributed by atoms with Crippen molar-refractivity contribution in [3.63, 3.8) is 0 Å². The van der Waals surface area contributed by atoms with Gasteiger partial charge in [0.25, 0.3) is 0 Å². The summed E-state index contributed by atoms with van der Waals surface area (Å²) >= 11 is 0. The smallest absolute Gasteiger partial charge is 0.223 e. The fourth-order valence-corrected chi connectivity index (χ4v) is 5.09. The molecule has 0 saturated carbocycles. The molecular formula is C28H36N2O3. The number of ether oxygens (including phenoxy) is 2. The zero-order valence-corrected chi connectivity index (χ0v) is 20.3. The van der Waals surface area contributed by atoms with Crippen LogP contribution in [0.2, 0.25) is 0 Å². The summed E-state index contributed by atoms with van der Waals surface area (Å²) < 4.78 is 11.9. The second-order valence-corrected chi connectivity index (χ2v) is 9.39. The van der Waals surface area contributed by atoms with E-state index < -0.39 is 5.66 Å². The standard InChI is InChI=1S/C28H36N2O3/c1-5-7-10-19-33-24-14-13-21(20-25(24)32-6-2)15-17-28-27(3,4)22-11-8-9-12-23(22)30(28)18-16-26(31)29-28/h8-9,11-15,17,20H,5-7,10,16,18-19H2,1-4H3,(H,29,31)/b17-15+/t28-/m0/s1. The van der Waals surface area contributed by atoms with Gasteiger partial charge in [0.2, 0.25) is 5.91 Å². The van der Waals surface area contributed by atoms with E-state index in [2.05, 4.69) is 73.5 Å². The second kappa shape index (κ2) is 9.50. The Labute approximate surface area is 197 Å². The molecule has 1 atom stereocenters. The lowest BCUT2D eigenvalue weighted by Crippen LogP contribution is -2.68. The van der Waals surface area contributed by atoms with Crippen LogP contribution in [0.5, 0.6) is 11.5 Å². The molecule has 33 heavy (non-hydrogen) atoms. The van der Waals surface area contributed by atoms with E-state index in [4.69, 9.17) is 9.47 Å². The fourth-order valence-electron chi connectivity index (χ4n) is 5.09. The first-order valence-corrected chi connectivity index (χ1v) is 12.2. The van der Waals surface area contributed by atoms with Crippen molar-refractivity contribution < 1.29 is 14.3 Å². The Kier molecular flexibility index (Phi) is 6.68. The van der Waals surface area contributed by atoms with Crippen molar-refractivity contribution in [2.45, 2.75) is 64.5 Å². The number of anilines is 1. The molecule has 0 unspecified atom stereocenters. The summed E-state index contributed by atoms with van der Waals surface area (Å²) in [6.07, 6.45) is 8.11. The van der Waals surface area contributed by atoms with Crippen molar-refractivity contribution in [1.29, 1.82) is 0 Å². The largest absolute Gasteiger partial charge is 0.490 e. The third kappa shape index (κ3) is 4.21. The molecule has 1 amide bonds. The molecule has 2 aromatic carbocycles. The van der Waals surface area contributed by atoms with Gasteiger partial charge in [-0.05, 0) is 48.7 Å². The van der Waals surface area contributed by atoms with Gasteiger partial charge in [-0.25, -0.2) is 0 Å². The minimum Gasteiger partial charge on any atom is -0.490 e.